The van der Waals surface area contributed by atoms with Gasteiger partial charge in [-0.05, 0) is 19.3 Å². The Bertz CT molecular complexity index is 223. The van der Waals surface area contributed by atoms with E-state index in [1.807, 2.05) is 0 Å². The monoisotopic (exact) mass is 199 g/mol. The number of carbonyl (C=O) groups excluding carboxylic acids is 1. The van der Waals surface area contributed by atoms with Crippen LogP contribution in [0.1, 0.15) is 32.1 Å². The highest BCUT2D eigenvalue weighted by Crippen LogP contribution is 2.30. The summed E-state index contributed by atoms with van der Waals surface area (Å²) in [5.41, 5.74) is -0.642. The van der Waals surface area contributed by atoms with E-state index in [1.54, 1.807) is 4.90 Å². The summed E-state index contributed by atoms with van der Waals surface area (Å²) >= 11 is 0. The lowest BCUT2D eigenvalue weighted by Gasteiger charge is -2.33. The van der Waals surface area contributed by atoms with Crippen LogP contribution >= 0.6 is 0 Å². The Hall–Kier alpha value is -0.770. The molecule has 0 unspecified atom stereocenters. The number of hydrogen-bond acceptors (Lipinski definition) is 3. The Labute approximate surface area is 83.8 Å². The van der Waals surface area contributed by atoms with E-state index in [9.17, 15) is 9.90 Å². The molecule has 2 fully saturated rings. The summed E-state index contributed by atoms with van der Waals surface area (Å²) in [5, 5.41) is 10.1. The SMILES string of the molecule is O=C1OCCCN1CC1(O)CCCC1. The van der Waals surface area contributed by atoms with Crippen LogP contribution in [0.25, 0.3) is 0 Å². The van der Waals surface area contributed by atoms with Gasteiger partial charge in [0.05, 0.1) is 18.8 Å². The van der Waals surface area contributed by atoms with Gasteiger partial charge in [-0.1, -0.05) is 12.8 Å². The molecule has 0 aromatic carbocycles. The Morgan fingerprint density at radius 3 is 2.71 bits per heavy atom. The van der Waals surface area contributed by atoms with E-state index in [0.29, 0.717) is 13.2 Å². The molecule has 0 aromatic heterocycles. The topological polar surface area (TPSA) is 49.8 Å². The van der Waals surface area contributed by atoms with Crippen molar-refractivity contribution in [1.29, 1.82) is 0 Å². The van der Waals surface area contributed by atoms with Crippen molar-refractivity contribution in [2.75, 3.05) is 19.7 Å². The number of hydrogen-bond donors (Lipinski definition) is 1. The molecule has 1 aliphatic carbocycles. The van der Waals surface area contributed by atoms with E-state index in [4.69, 9.17) is 4.74 Å². The number of β-amino-alcohol motifs (C(OH)–C–C–N with tert-alkyl or cyclic N) is 1. The summed E-state index contributed by atoms with van der Waals surface area (Å²) in [5.74, 6) is 0. The van der Waals surface area contributed by atoms with Gasteiger partial charge in [-0.2, -0.15) is 0 Å². The Kier molecular flexibility index (Phi) is 2.63. The lowest BCUT2D eigenvalue weighted by molar-refractivity contribution is -0.00573. The summed E-state index contributed by atoms with van der Waals surface area (Å²) in [7, 11) is 0. The standard InChI is InChI=1S/C10H17NO3/c12-9-11(6-3-7-14-9)8-10(13)4-1-2-5-10/h13H,1-8H2. The predicted molar refractivity (Wildman–Crippen MR) is 51.0 cm³/mol. The van der Waals surface area contributed by atoms with Crippen LogP contribution in [0.5, 0.6) is 0 Å². The van der Waals surface area contributed by atoms with E-state index in [1.165, 1.54) is 0 Å². The van der Waals surface area contributed by atoms with Gasteiger partial charge in [0, 0.05) is 6.54 Å². The molecule has 14 heavy (non-hydrogen) atoms. The zero-order valence-corrected chi connectivity index (χ0v) is 8.37. The first-order chi connectivity index (χ1) is 6.70. The minimum Gasteiger partial charge on any atom is -0.449 e. The number of nitrogens with zero attached hydrogens (tertiary/aromatic N) is 1. The Balaban J connectivity index is 1.91. The summed E-state index contributed by atoms with van der Waals surface area (Å²) in [6, 6.07) is 0. The third kappa shape index (κ3) is 2.00. The van der Waals surface area contributed by atoms with Crippen LogP contribution in [0, 0.1) is 0 Å². The molecular weight excluding hydrogens is 182 g/mol. The second kappa shape index (κ2) is 3.77. The number of carbonyl (C=O) groups is 1. The van der Waals surface area contributed by atoms with Crippen LogP contribution < -0.4 is 0 Å². The number of rotatable bonds is 2. The largest absolute Gasteiger partial charge is 0.449 e. The second-order valence-corrected chi connectivity index (χ2v) is 4.32. The molecule has 2 rings (SSSR count). The van der Waals surface area contributed by atoms with Crippen molar-refractivity contribution in [1.82, 2.24) is 4.90 Å². The highest BCUT2D eigenvalue weighted by molar-refractivity contribution is 5.68. The van der Waals surface area contributed by atoms with E-state index in [0.717, 1.165) is 38.6 Å². The fourth-order valence-corrected chi connectivity index (χ4v) is 2.29. The maximum atomic E-state index is 11.3. The Morgan fingerprint density at radius 1 is 1.36 bits per heavy atom. The summed E-state index contributed by atoms with van der Waals surface area (Å²) in [6.45, 7) is 1.70. The van der Waals surface area contributed by atoms with Gasteiger partial charge in [0.2, 0.25) is 0 Å². The number of aliphatic hydroxyl groups is 1. The highest BCUT2D eigenvalue weighted by atomic mass is 16.6. The van der Waals surface area contributed by atoms with Crippen molar-refractivity contribution in [3.63, 3.8) is 0 Å². The average Bonchev–Trinajstić information content (AvgIpc) is 2.57. The summed E-state index contributed by atoms with van der Waals surface area (Å²) in [6.07, 6.45) is 4.38. The van der Waals surface area contributed by atoms with Gasteiger partial charge in [-0.3, -0.25) is 0 Å². The first kappa shape index (κ1) is 9.77. The van der Waals surface area contributed by atoms with Crippen LogP contribution in [-0.4, -0.2) is 41.4 Å². The van der Waals surface area contributed by atoms with Crippen molar-refractivity contribution in [2.45, 2.75) is 37.7 Å². The van der Waals surface area contributed by atoms with Crippen LogP contribution in [0.3, 0.4) is 0 Å². The normalized spacial score (nSPS) is 26.4. The van der Waals surface area contributed by atoms with Gasteiger partial charge >= 0.3 is 6.09 Å². The number of cyclic esters (lactones) is 1. The molecule has 2 aliphatic rings. The zero-order valence-electron chi connectivity index (χ0n) is 8.37. The first-order valence-corrected chi connectivity index (χ1v) is 5.34. The molecule has 0 bridgehead atoms. The summed E-state index contributed by atoms with van der Waals surface area (Å²) < 4.78 is 4.92. The van der Waals surface area contributed by atoms with Crippen LogP contribution in [-0.2, 0) is 4.74 Å². The Morgan fingerprint density at radius 2 is 2.07 bits per heavy atom. The molecule has 4 nitrogen and oxygen atoms in total. The highest BCUT2D eigenvalue weighted by Gasteiger charge is 2.35. The molecule has 1 saturated heterocycles. The van der Waals surface area contributed by atoms with Crippen LogP contribution in [0.15, 0.2) is 0 Å². The fourth-order valence-electron chi connectivity index (χ4n) is 2.29. The van der Waals surface area contributed by atoms with Gasteiger partial charge in [-0.25, -0.2) is 4.79 Å². The van der Waals surface area contributed by atoms with Crippen molar-refractivity contribution in [2.24, 2.45) is 0 Å². The average molecular weight is 199 g/mol. The van der Waals surface area contributed by atoms with Crippen LogP contribution in [0.2, 0.25) is 0 Å². The van der Waals surface area contributed by atoms with Crippen molar-refractivity contribution < 1.29 is 14.6 Å². The molecule has 1 amide bonds. The molecule has 1 N–H and O–H groups in total. The van der Waals surface area contributed by atoms with Gasteiger partial charge in [0.15, 0.2) is 0 Å². The molecule has 0 aromatic rings. The molecule has 1 aliphatic heterocycles. The quantitative estimate of drug-likeness (QED) is 0.725. The smallest absolute Gasteiger partial charge is 0.409 e. The van der Waals surface area contributed by atoms with Crippen molar-refractivity contribution >= 4 is 6.09 Å². The van der Waals surface area contributed by atoms with Crippen molar-refractivity contribution in [3.05, 3.63) is 0 Å². The van der Waals surface area contributed by atoms with E-state index < -0.39 is 5.60 Å². The van der Waals surface area contributed by atoms with Gasteiger partial charge < -0.3 is 14.7 Å². The number of amides is 1. The van der Waals surface area contributed by atoms with Crippen LogP contribution in [0.4, 0.5) is 4.79 Å². The van der Waals surface area contributed by atoms with Gasteiger partial charge in [0.25, 0.3) is 0 Å². The van der Waals surface area contributed by atoms with E-state index in [-0.39, 0.29) is 6.09 Å². The van der Waals surface area contributed by atoms with Gasteiger partial charge in [0.1, 0.15) is 0 Å². The van der Waals surface area contributed by atoms with E-state index >= 15 is 0 Å². The molecule has 80 valence electrons. The minimum absolute atomic E-state index is 0.267. The molecule has 0 spiro atoms. The maximum Gasteiger partial charge on any atom is 0.409 e. The molecule has 0 radical (unpaired) electrons. The lowest BCUT2D eigenvalue weighted by Crippen LogP contribution is -2.47. The third-order valence-corrected chi connectivity index (χ3v) is 3.08. The van der Waals surface area contributed by atoms with E-state index in [2.05, 4.69) is 0 Å². The molecule has 0 atom stereocenters. The molecule has 1 heterocycles. The first-order valence-electron chi connectivity index (χ1n) is 5.34. The maximum absolute atomic E-state index is 11.3. The molecular formula is C10H17NO3. The van der Waals surface area contributed by atoms with Crippen molar-refractivity contribution in [3.8, 4) is 0 Å². The predicted octanol–water partition coefficient (Wildman–Crippen LogP) is 1.13. The fraction of sp³-hybridized carbons (Fsp3) is 0.900. The molecule has 1 saturated carbocycles. The molecule has 4 heteroatoms. The minimum atomic E-state index is -0.642. The lowest BCUT2D eigenvalue weighted by atomic mass is 10.0. The summed E-state index contributed by atoms with van der Waals surface area (Å²) in [4.78, 5) is 13.0. The third-order valence-electron chi connectivity index (χ3n) is 3.08. The zero-order chi connectivity index (χ0) is 10.0. The van der Waals surface area contributed by atoms with Gasteiger partial charge in [-0.15, -0.1) is 0 Å². The number of ether oxygens (including phenoxy) is 1. The second-order valence-electron chi connectivity index (χ2n) is 4.32.